The summed E-state index contributed by atoms with van der Waals surface area (Å²) in [4.78, 5) is 14.4. The molecule has 20 heavy (non-hydrogen) atoms. The van der Waals surface area contributed by atoms with Gasteiger partial charge in [0.25, 0.3) is 0 Å². The van der Waals surface area contributed by atoms with Crippen LogP contribution >= 0.6 is 0 Å². The highest BCUT2D eigenvalue weighted by molar-refractivity contribution is 5.88. The zero-order valence-electron chi connectivity index (χ0n) is 12.4. The van der Waals surface area contributed by atoms with Gasteiger partial charge in [-0.05, 0) is 45.3 Å². The van der Waals surface area contributed by atoms with Gasteiger partial charge in [-0.2, -0.15) is 0 Å². The zero-order valence-corrected chi connectivity index (χ0v) is 12.4. The second kappa shape index (κ2) is 7.25. The smallest absolute Gasteiger partial charge is 0.244 e. The van der Waals surface area contributed by atoms with Crippen molar-refractivity contribution in [2.75, 3.05) is 19.6 Å². The van der Waals surface area contributed by atoms with Crippen LogP contribution in [-0.4, -0.2) is 30.4 Å². The molecule has 1 amide bonds. The number of nitrogens with zero attached hydrogens (tertiary/aromatic N) is 1. The molecule has 1 fully saturated rings. The van der Waals surface area contributed by atoms with Gasteiger partial charge in [0.05, 0.1) is 6.04 Å². The Balaban J connectivity index is 2.07. The Morgan fingerprint density at radius 3 is 2.50 bits per heavy atom. The van der Waals surface area contributed by atoms with Crippen molar-refractivity contribution in [2.45, 2.75) is 32.7 Å². The molecule has 2 rings (SSSR count). The number of hydrogen-bond donors (Lipinski definition) is 1. The predicted molar refractivity (Wildman–Crippen MR) is 82.4 cm³/mol. The van der Waals surface area contributed by atoms with E-state index in [9.17, 15) is 4.79 Å². The van der Waals surface area contributed by atoms with Gasteiger partial charge in [-0.1, -0.05) is 35.9 Å². The van der Waals surface area contributed by atoms with Crippen molar-refractivity contribution in [3.8, 4) is 0 Å². The molecule has 108 valence electrons. The normalized spacial score (nSPS) is 16.7. The van der Waals surface area contributed by atoms with E-state index < -0.39 is 0 Å². The minimum atomic E-state index is -0.00181. The molecule has 0 aromatic heterocycles. The van der Waals surface area contributed by atoms with Crippen LogP contribution in [0.25, 0.3) is 0 Å². The third-order valence-corrected chi connectivity index (χ3v) is 3.58. The summed E-state index contributed by atoms with van der Waals surface area (Å²) in [6, 6.07) is 10.3. The quantitative estimate of drug-likeness (QED) is 0.836. The van der Waals surface area contributed by atoms with E-state index in [0.717, 1.165) is 25.2 Å². The van der Waals surface area contributed by atoms with Gasteiger partial charge in [-0.15, -0.1) is 0 Å². The SMILES string of the molecule is CC(C)=CC(=O)NC(CN1CCCC1)c1ccccc1. The Hall–Kier alpha value is -1.61. The van der Waals surface area contributed by atoms with E-state index in [1.54, 1.807) is 6.08 Å². The van der Waals surface area contributed by atoms with Crippen LogP contribution in [-0.2, 0) is 4.79 Å². The number of hydrogen-bond acceptors (Lipinski definition) is 2. The van der Waals surface area contributed by atoms with Crippen LogP contribution < -0.4 is 5.32 Å². The molecule has 1 aromatic carbocycles. The minimum absolute atomic E-state index is 0.00181. The Labute approximate surface area is 121 Å². The highest BCUT2D eigenvalue weighted by Crippen LogP contribution is 2.17. The topological polar surface area (TPSA) is 32.3 Å². The van der Waals surface area contributed by atoms with Crippen LogP contribution in [0.4, 0.5) is 0 Å². The van der Waals surface area contributed by atoms with E-state index in [-0.39, 0.29) is 11.9 Å². The van der Waals surface area contributed by atoms with Crippen molar-refractivity contribution >= 4 is 5.91 Å². The molecular weight excluding hydrogens is 248 g/mol. The molecule has 1 saturated heterocycles. The molecule has 0 saturated carbocycles. The molecule has 1 N–H and O–H groups in total. The highest BCUT2D eigenvalue weighted by Gasteiger charge is 2.19. The zero-order chi connectivity index (χ0) is 14.4. The van der Waals surface area contributed by atoms with E-state index in [1.165, 1.54) is 18.4 Å². The molecule has 0 bridgehead atoms. The molecule has 0 aliphatic carbocycles. The molecule has 1 aliphatic rings. The van der Waals surface area contributed by atoms with Gasteiger partial charge in [-0.25, -0.2) is 0 Å². The van der Waals surface area contributed by atoms with Crippen LogP contribution in [0.2, 0.25) is 0 Å². The maximum Gasteiger partial charge on any atom is 0.244 e. The van der Waals surface area contributed by atoms with Gasteiger partial charge in [0.2, 0.25) is 5.91 Å². The monoisotopic (exact) mass is 272 g/mol. The molecule has 1 aliphatic heterocycles. The van der Waals surface area contributed by atoms with Crippen molar-refractivity contribution in [2.24, 2.45) is 0 Å². The summed E-state index contributed by atoms with van der Waals surface area (Å²) in [5, 5.41) is 3.13. The average Bonchev–Trinajstić information content (AvgIpc) is 2.91. The Kier molecular flexibility index (Phi) is 5.36. The summed E-state index contributed by atoms with van der Waals surface area (Å²) in [6.07, 6.45) is 4.20. The fourth-order valence-electron chi connectivity index (χ4n) is 2.62. The van der Waals surface area contributed by atoms with Crippen LogP contribution in [0.15, 0.2) is 42.0 Å². The molecule has 3 nitrogen and oxygen atoms in total. The second-order valence-corrected chi connectivity index (χ2v) is 5.70. The van der Waals surface area contributed by atoms with Crippen LogP contribution in [0.1, 0.15) is 38.3 Å². The summed E-state index contributed by atoms with van der Waals surface area (Å²) < 4.78 is 0. The van der Waals surface area contributed by atoms with Crippen LogP contribution in [0, 0.1) is 0 Å². The lowest BCUT2D eigenvalue weighted by Crippen LogP contribution is -2.36. The second-order valence-electron chi connectivity index (χ2n) is 5.70. The number of carbonyl (C=O) groups is 1. The van der Waals surface area contributed by atoms with E-state index in [4.69, 9.17) is 0 Å². The average molecular weight is 272 g/mol. The summed E-state index contributed by atoms with van der Waals surface area (Å²) in [7, 11) is 0. The summed E-state index contributed by atoms with van der Waals surface area (Å²) in [5.74, 6) is -0.00181. The molecule has 1 atom stereocenters. The molecule has 1 unspecified atom stereocenters. The first kappa shape index (κ1) is 14.8. The van der Waals surface area contributed by atoms with Crippen molar-refractivity contribution in [3.05, 3.63) is 47.5 Å². The fraction of sp³-hybridized carbons (Fsp3) is 0.471. The van der Waals surface area contributed by atoms with Crippen molar-refractivity contribution in [3.63, 3.8) is 0 Å². The molecule has 3 heteroatoms. The Bertz CT molecular complexity index is 457. The van der Waals surface area contributed by atoms with E-state index in [0.29, 0.717) is 0 Å². The summed E-state index contributed by atoms with van der Waals surface area (Å²) in [5.41, 5.74) is 2.20. The van der Waals surface area contributed by atoms with Gasteiger partial charge >= 0.3 is 0 Å². The van der Waals surface area contributed by atoms with E-state index in [2.05, 4.69) is 22.3 Å². The fourth-order valence-corrected chi connectivity index (χ4v) is 2.62. The predicted octanol–water partition coefficient (Wildman–Crippen LogP) is 2.91. The van der Waals surface area contributed by atoms with Crippen LogP contribution in [0.3, 0.4) is 0 Å². The summed E-state index contributed by atoms with van der Waals surface area (Å²) in [6.45, 7) is 7.06. The van der Waals surface area contributed by atoms with Gasteiger partial charge in [0.15, 0.2) is 0 Å². The van der Waals surface area contributed by atoms with E-state index >= 15 is 0 Å². The largest absolute Gasteiger partial charge is 0.344 e. The summed E-state index contributed by atoms with van der Waals surface area (Å²) >= 11 is 0. The number of nitrogens with one attached hydrogen (secondary N) is 1. The number of rotatable bonds is 5. The van der Waals surface area contributed by atoms with Crippen molar-refractivity contribution in [1.82, 2.24) is 10.2 Å². The Morgan fingerprint density at radius 1 is 1.25 bits per heavy atom. The number of likely N-dealkylation sites (tertiary alicyclic amines) is 1. The molecular formula is C17H24N2O. The third-order valence-electron chi connectivity index (χ3n) is 3.58. The van der Waals surface area contributed by atoms with Crippen molar-refractivity contribution < 1.29 is 4.79 Å². The molecule has 1 heterocycles. The van der Waals surface area contributed by atoms with Gasteiger partial charge in [0.1, 0.15) is 0 Å². The maximum atomic E-state index is 12.0. The standard InChI is InChI=1S/C17H24N2O/c1-14(2)12-17(20)18-16(13-19-10-6-7-11-19)15-8-4-3-5-9-15/h3-5,8-9,12,16H,6-7,10-11,13H2,1-2H3,(H,18,20). The van der Waals surface area contributed by atoms with Crippen molar-refractivity contribution in [1.29, 1.82) is 0 Å². The first-order valence-electron chi connectivity index (χ1n) is 7.38. The van der Waals surface area contributed by atoms with Gasteiger partial charge in [0, 0.05) is 12.6 Å². The third kappa shape index (κ3) is 4.49. The van der Waals surface area contributed by atoms with Crippen LogP contribution in [0.5, 0.6) is 0 Å². The molecule has 0 radical (unpaired) electrons. The lowest BCUT2D eigenvalue weighted by Gasteiger charge is -2.24. The Morgan fingerprint density at radius 2 is 1.90 bits per heavy atom. The first-order chi connectivity index (χ1) is 9.65. The number of carbonyl (C=O) groups excluding carboxylic acids is 1. The number of amides is 1. The lowest BCUT2D eigenvalue weighted by atomic mass is 10.1. The number of benzene rings is 1. The van der Waals surface area contributed by atoms with Gasteiger partial charge < -0.3 is 10.2 Å². The number of allylic oxidation sites excluding steroid dienone is 1. The van der Waals surface area contributed by atoms with Gasteiger partial charge in [-0.3, -0.25) is 4.79 Å². The highest BCUT2D eigenvalue weighted by atomic mass is 16.1. The molecule has 1 aromatic rings. The maximum absolute atomic E-state index is 12.0. The first-order valence-corrected chi connectivity index (χ1v) is 7.38. The minimum Gasteiger partial charge on any atom is -0.344 e. The van der Waals surface area contributed by atoms with E-state index in [1.807, 2.05) is 32.0 Å². The lowest BCUT2D eigenvalue weighted by molar-refractivity contribution is -0.117. The molecule has 0 spiro atoms.